The fourth-order valence-corrected chi connectivity index (χ4v) is 3.21. The molecule has 0 aromatic heterocycles. The molecule has 1 amide bonds. The summed E-state index contributed by atoms with van der Waals surface area (Å²) in [6.45, 7) is 1.92. The number of hydrogen-bond acceptors (Lipinski definition) is 5. The number of nitrogens with two attached hydrogens (primary N) is 1. The molecule has 0 aliphatic carbocycles. The standard InChI is InChI=1S/C22H26N2O4/c23-15-17-11-13-24(14-12-17)22(26)28-20(19-9-5-2-6-10-19)21(25)27-16-18-7-3-1-4-8-18/h1-10,17,20H,11-16,23H2. The van der Waals surface area contributed by atoms with E-state index in [1.165, 1.54) is 0 Å². The van der Waals surface area contributed by atoms with Gasteiger partial charge in [-0.15, -0.1) is 0 Å². The van der Waals surface area contributed by atoms with Crippen molar-refractivity contribution in [1.29, 1.82) is 0 Å². The smallest absolute Gasteiger partial charge is 0.410 e. The number of carbonyl (C=O) groups is 2. The second kappa shape index (κ2) is 9.90. The second-order valence-electron chi connectivity index (χ2n) is 6.93. The zero-order chi connectivity index (χ0) is 19.8. The van der Waals surface area contributed by atoms with Crippen molar-refractivity contribution in [3.8, 4) is 0 Å². The maximum Gasteiger partial charge on any atom is 0.410 e. The van der Waals surface area contributed by atoms with Gasteiger partial charge in [0.15, 0.2) is 0 Å². The molecular weight excluding hydrogens is 356 g/mol. The maximum absolute atomic E-state index is 12.7. The zero-order valence-electron chi connectivity index (χ0n) is 15.8. The summed E-state index contributed by atoms with van der Waals surface area (Å²) in [5, 5.41) is 0. The third kappa shape index (κ3) is 5.33. The normalized spacial score (nSPS) is 15.7. The van der Waals surface area contributed by atoms with Crippen molar-refractivity contribution in [2.45, 2.75) is 25.6 Å². The molecular formula is C22H26N2O4. The molecule has 0 radical (unpaired) electrons. The van der Waals surface area contributed by atoms with Crippen molar-refractivity contribution < 1.29 is 19.1 Å². The molecule has 1 aliphatic rings. The molecule has 1 fully saturated rings. The van der Waals surface area contributed by atoms with Crippen LogP contribution in [0, 0.1) is 5.92 Å². The van der Waals surface area contributed by atoms with Gasteiger partial charge in [-0.05, 0) is 30.9 Å². The summed E-state index contributed by atoms with van der Waals surface area (Å²) in [6, 6.07) is 18.3. The maximum atomic E-state index is 12.7. The summed E-state index contributed by atoms with van der Waals surface area (Å²) < 4.78 is 11.0. The first-order chi connectivity index (χ1) is 13.7. The number of carbonyl (C=O) groups excluding carboxylic acids is 2. The van der Waals surface area contributed by atoms with Crippen molar-refractivity contribution in [1.82, 2.24) is 4.90 Å². The van der Waals surface area contributed by atoms with Crippen LogP contribution in [0.4, 0.5) is 4.79 Å². The van der Waals surface area contributed by atoms with Gasteiger partial charge in [-0.2, -0.15) is 0 Å². The van der Waals surface area contributed by atoms with Gasteiger partial charge >= 0.3 is 12.1 Å². The monoisotopic (exact) mass is 382 g/mol. The number of piperidine rings is 1. The molecule has 0 spiro atoms. The first-order valence-electron chi connectivity index (χ1n) is 9.58. The van der Waals surface area contributed by atoms with E-state index in [2.05, 4.69) is 0 Å². The van der Waals surface area contributed by atoms with E-state index in [0.717, 1.165) is 18.4 Å². The van der Waals surface area contributed by atoms with Crippen molar-refractivity contribution in [3.05, 3.63) is 71.8 Å². The number of amides is 1. The van der Waals surface area contributed by atoms with Crippen LogP contribution in [0.15, 0.2) is 60.7 Å². The Bertz CT molecular complexity index is 759. The highest BCUT2D eigenvalue weighted by Crippen LogP contribution is 2.23. The first-order valence-corrected chi connectivity index (χ1v) is 9.58. The molecule has 1 atom stereocenters. The number of likely N-dealkylation sites (tertiary alicyclic amines) is 1. The Kier molecular flexibility index (Phi) is 7.03. The lowest BCUT2D eigenvalue weighted by molar-refractivity contribution is -0.156. The minimum Gasteiger partial charge on any atom is -0.458 e. The molecule has 2 N–H and O–H groups in total. The van der Waals surface area contributed by atoms with E-state index in [0.29, 0.717) is 31.1 Å². The van der Waals surface area contributed by atoms with Gasteiger partial charge in [0, 0.05) is 18.7 Å². The van der Waals surface area contributed by atoms with Crippen LogP contribution in [-0.4, -0.2) is 36.6 Å². The molecule has 6 nitrogen and oxygen atoms in total. The van der Waals surface area contributed by atoms with E-state index in [4.69, 9.17) is 15.2 Å². The van der Waals surface area contributed by atoms with Crippen LogP contribution >= 0.6 is 0 Å². The SMILES string of the molecule is NCC1CCN(C(=O)OC(C(=O)OCc2ccccc2)c2ccccc2)CC1. The van der Waals surface area contributed by atoms with Crippen molar-refractivity contribution in [2.24, 2.45) is 11.7 Å². The lowest BCUT2D eigenvalue weighted by Gasteiger charge is -2.31. The molecule has 1 unspecified atom stereocenters. The Morgan fingerprint density at radius 1 is 1.00 bits per heavy atom. The van der Waals surface area contributed by atoms with E-state index in [1.807, 2.05) is 36.4 Å². The van der Waals surface area contributed by atoms with Crippen LogP contribution in [0.25, 0.3) is 0 Å². The summed E-state index contributed by atoms with van der Waals surface area (Å²) in [4.78, 5) is 27.0. The fourth-order valence-electron chi connectivity index (χ4n) is 3.21. The largest absolute Gasteiger partial charge is 0.458 e. The third-order valence-electron chi connectivity index (χ3n) is 4.97. The topological polar surface area (TPSA) is 81.9 Å². The van der Waals surface area contributed by atoms with E-state index in [9.17, 15) is 9.59 Å². The predicted molar refractivity (Wildman–Crippen MR) is 105 cm³/mol. The highest BCUT2D eigenvalue weighted by molar-refractivity contribution is 5.80. The third-order valence-corrected chi connectivity index (χ3v) is 4.97. The zero-order valence-corrected chi connectivity index (χ0v) is 15.8. The van der Waals surface area contributed by atoms with Gasteiger partial charge in [0.2, 0.25) is 6.10 Å². The minimum absolute atomic E-state index is 0.127. The molecule has 1 aliphatic heterocycles. The lowest BCUT2D eigenvalue weighted by atomic mass is 9.97. The van der Waals surface area contributed by atoms with Crippen LogP contribution < -0.4 is 5.73 Å². The Labute approximate surface area is 165 Å². The predicted octanol–water partition coefficient (Wildman–Crippen LogP) is 3.28. The van der Waals surface area contributed by atoms with Crippen molar-refractivity contribution in [2.75, 3.05) is 19.6 Å². The first kappa shape index (κ1) is 19.9. The van der Waals surface area contributed by atoms with Crippen LogP contribution in [0.5, 0.6) is 0 Å². The van der Waals surface area contributed by atoms with Crippen molar-refractivity contribution >= 4 is 12.1 Å². The molecule has 2 aromatic rings. The van der Waals surface area contributed by atoms with Crippen molar-refractivity contribution in [3.63, 3.8) is 0 Å². The van der Waals surface area contributed by atoms with Gasteiger partial charge in [-0.3, -0.25) is 0 Å². The molecule has 6 heteroatoms. The highest BCUT2D eigenvalue weighted by atomic mass is 16.6. The number of nitrogens with zero attached hydrogens (tertiary/aromatic N) is 1. The molecule has 3 rings (SSSR count). The summed E-state index contributed by atoms with van der Waals surface area (Å²) in [5.41, 5.74) is 7.17. The molecule has 1 heterocycles. The van der Waals surface area contributed by atoms with Gasteiger partial charge in [0.25, 0.3) is 0 Å². The summed E-state index contributed by atoms with van der Waals surface area (Å²) >= 11 is 0. The average molecular weight is 382 g/mol. The molecule has 0 saturated carbocycles. The van der Waals surface area contributed by atoms with Crippen LogP contribution in [0.3, 0.4) is 0 Å². The summed E-state index contributed by atoms with van der Waals surface area (Å²) in [7, 11) is 0. The minimum atomic E-state index is -1.09. The molecule has 0 bridgehead atoms. The molecule has 2 aromatic carbocycles. The van der Waals surface area contributed by atoms with Gasteiger partial charge in [0.1, 0.15) is 6.61 Å². The van der Waals surface area contributed by atoms with E-state index in [1.54, 1.807) is 29.2 Å². The number of ether oxygens (including phenoxy) is 2. The van der Waals surface area contributed by atoms with Gasteiger partial charge < -0.3 is 20.1 Å². The Hall–Kier alpha value is -2.86. The highest BCUT2D eigenvalue weighted by Gasteiger charge is 2.30. The van der Waals surface area contributed by atoms with Gasteiger partial charge in [-0.1, -0.05) is 60.7 Å². The van der Waals surface area contributed by atoms with E-state index >= 15 is 0 Å². The van der Waals surface area contributed by atoms with Gasteiger partial charge in [0.05, 0.1) is 0 Å². The fraction of sp³-hybridized carbons (Fsp3) is 0.364. The molecule has 1 saturated heterocycles. The number of esters is 1. The summed E-state index contributed by atoms with van der Waals surface area (Å²) in [6.07, 6.45) is 0.103. The number of hydrogen-bond donors (Lipinski definition) is 1. The van der Waals surface area contributed by atoms with Crippen LogP contribution in [-0.2, 0) is 20.9 Å². The Morgan fingerprint density at radius 3 is 2.21 bits per heavy atom. The van der Waals surface area contributed by atoms with Crippen LogP contribution in [0.1, 0.15) is 30.1 Å². The number of benzene rings is 2. The van der Waals surface area contributed by atoms with E-state index < -0.39 is 18.2 Å². The second-order valence-corrected chi connectivity index (χ2v) is 6.93. The number of rotatable bonds is 6. The van der Waals surface area contributed by atoms with E-state index in [-0.39, 0.29) is 6.61 Å². The summed E-state index contributed by atoms with van der Waals surface area (Å²) in [5.74, 6) is -0.148. The average Bonchev–Trinajstić information content (AvgIpc) is 2.77. The van der Waals surface area contributed by atoms with Gasteiger partial charge in [-0.25, -0.2) is 9.59 Å². The quantitative estimate of drug-likeness (QED) is 0.776. The van der Waals surface area contributed by atoms with Crippen LogP contribution in [0.2, 0.25) is 0 Å². The molecule has 28 heavy (non-hydrogen) atoms. The molecule has 148 valence electrons. The Morgan fingerprint density at radius 2 is 1.61 bits per heavy atom. The lowest BCUT2D eigenvalue weighted by Crippen LogP contribution is -2.41. The Balaban J connectivity index is 1.65.